The Hall–Kier alpha value is -1.55. The van der Waals surface area contributed by atoms with Crippen LogP contribution >= 0.6 is 0 Å². The molecule has 1 atom stereocenters. The van der Waals surface area contributed by atoms with Crippen LogP contribution in [0.4, 0.5) is 0 Å². The zero-order valence-corrected chi connectivity index (χ0v) is 13.0. The summed E-state index contributed by atoms with van der Waals surface area (Å²) in [6.45, 7) is 3.37. The minimum atomic E-state index is 0.241. The van der Waals surface area contributed by atoms with Crippen LogP contribution in [0.25, 0.3) is 0 Å². The Bertz CT molecular complexity index is 450. The number of ether oxygens (including phenoxy) is 1. The van der Waals surface area contributed by atoms with Gasteiger partial charge in [0.1, 0.15) is 5.75 Å². The van der Waals surface area contributed by atoms with Crippen LogP contribution < -0.4 is 10.5 Å². The summed E-state index contributed by atoms with van der Waals surface area (Å²) in [6.07, 6.45) is 3.78. The second kappa shape index (κ2) is 7.46. The highest BCUT2D eigenvalue weighted by molar-refractivity contribution is 5.77. The summed E-state index contributed by atoms with van der Waals surface area (Å²) in [6, 6.07) is 8.37. The van der Waals surface area contributed by atoms with Crippen molar-refractivity contribution in [3.63, 3.8) is 0 Å². The molecule has 1 aromatic rings. The van der Waals surface area contributed by atoms with Crippen molar-refractivity contribution in [1.82, 2.24) is 4.90 Å². The lowest BCUT2D eigenvalue weighted by Gasteiger charge is -2.24. The number of carbonyl (C=O) groups excluding carboxylic acids is 1. The van der Waals surface area contributed by atoms with Gasteiger partial charge < -0.3 is 15.4 Å². The lowest BCUT2D eigenvalue weighted by molar-refractivity contribution is -0.133. The first kappa shape index (κ1) is 15.8. The summed E-state index contributed by atoms with van der Waals surface area (Å²) < 4.78 is 5.17. The summed E-state index contributed by atoms with van der Waals surface area (Å²) in [5, 5.41) is 0. The third-order valence-electron chi connectivity index (χ3n) is 4.19. The third-order valence-corrected chi connectivity index (χ3v) is 4.19. The van der Waals surface area contributed by atoms with E-state index in [2.05, 4.69) is 6.92 Å². The van der Waals surface area contributed by atoms with Crippen molar-refractivity contribution in [2.45, 2.75) is 45.2 Å². The average molecular weight is 290 g/mol. The van der Waals surface area contributed by atoms with Gasteiger partial charge >= 0.3 is 0 Å². The molecule has 0 radical (unpaired) electrons. The van der Waals surface area contributed by atoms with E-state index in [1.54, 1.807) is 7.11 Å². The average Bonchev–Trinajstić information content (AvgIpc) is 3.35. The van der Waals surface area contributed by atoms with Crippen molar-refractivity contribution in [3.05, 3.63) is 29.8 Å². The van der Waals surface area contributed by atoms with Gasteiger partial charge in [0.15, 0.2) is 0 Å². The highest BCUT2D eigenvalue weighted by atomic mass is 16.5. The zero-order chi connectivity index (χ0) is 15.2. The fraction of sp³-hybridized carbons (Fsp3) is 0.588. The molecule has 116 valence electrons. The molecular weight excluding hydrogens is 264 g/mol. The van der Waals surface area contributed by atoms with E-state index >= 15 is 0 Å². The Kier molecular flexibility index (Phi) is 5.62. The van der Waals surface area contributed by atoms with Gasteiger partial charge in [0.2, 0.25) is 5.91 Å². The van der Waals surface area contributed by atoms with E-state index in [-0.39, 0.29) is 5.91 Å². The number of benzene rings is 1. The maximum absolute atomic E-state index is 12.5. The summed E-state index contributed by atoms with van der Waals surface area (Å²) in [4.78, 5) is 14.6. The Morgan fingerprint density at radius 2 is 2.05 bits per heavy atom. The zero-order valence-electron chi connectivity index (χ0n) is 13.0. The molecule has 0 saturated heterocycles. The van der Waals surface area contributed by atoms with Crippen molar-refractivity contribution < 1.29 is 9.53 Å². The summed E-state index contributed by atoms with van der Waals surface area (Å²) in [5.74, 6) is 1.39. The topological polar surface area (TPSA) is 55.6 Å². The monoisotopic (exact) mass is 290 g/mol. The van der Waals surface area contributed by atoms with Crippen LogP contribution in [0, 0.1) is 5.92 Å². The van der Waals surface area contributed by atoms with E-state index in [0.29, 0.717) is 31.5 Å². The molecule has 4 nitrogen and oxygen atoms in total. The van der Waals surface area contributed by atoms with E-state index in [1.165, 1.54) is 0 Å². The minimum Gasteiger partial charge on any atom is -0.497 e. The van der Waals surface area contributed by atoms with Crippen LogP contribution in [0.2, 0.25) is 0 Å². The Balaban J connectivity index is 1.99. The highest BCUT2D eigenvalue weighted by Gasteiger charge is 2.32. The molecule has 21 heavy (non-hydrogen) atoms. The number of hydrogen-bond donors (Lipinski definition) is 1. The van der Waals surface area contributed by atoms with Gasteiger partial charge in [-0.3, -0.25) is 4.79 Å². The SMILES string of the molecule is CCC(CN)CC(=O)N(Cc1ccc(OC)cc1)C1CC1. The summed E-state index contributed by atoms with van der Waals surface area (Å²) in [5.41, 5.74) is 6.87. The van der Waals surface area contributed by atoms with Gasteiger partial charge in [0.05, 0.1) is 7.11 Å². The lowest BCUT2D eigenvalue weighted by atomic mass is 10.0. The van der Waals surface area contributed by atoms with E-state index in [0.717, 1.165) is 30.6 Å². The molecule has 0 bridgehead atoms. The number of methoxy groups -OCH3 is 1. The van der Waals surface area contributed by atoms with Crippen molar-refractivity contribution >= 4 is 5.91 Å². The van der Waals surface area contributed by atoms with Gasteiger partial charge in [0.25, 0.3) is 0 Å². The van der Waals surface area contributed by atoms with Crippen molar-refractivity contribution in [2.75, 3.05) is 13.7 Å². The fourth-order valence-corrected chi connectivity index (χ4v) is 2.49. The Labute approximate surface area is 127 Å². The van der Waals surface area contributed by atoms with Gasteiger partial charge in [-0.1, -0.05) is 25.5 Å². The number of hydrogen-bond acceptors (Lipinski definition) is 3. The fourth-order valence-electron chi connectivity index (χ4n) is 2.49. The molecule has 1 unspecified atom stereocenters. The van der Waals surface area contributed by atoms with Gasteiger partial charge in [-0.05, 0) is 43.0 Å². The molecule has 2 N–H and O–H groups in total. The third kappa shape index (κ3) is 4.46. The smallest absolute Gasteiger partial charge is 0.223 e. The molecule has 0 aliphatic heterocycles. The van der Waals surface area contributed by atoms with E-state index in [1.807, 2.05) is 29.2 Å². The molecular formula is C17H26N2O2. The first-order chi connectivity index (χ1) is 10.2. The summed E-state index contributed by atoms with van der Waals surface area (Å²) in [7, 11) is 1.66. The highest BCUT2D eigenvalue weighted by Crippen LogP contribution is 2.30. The quantitative estimate of drug-likeness (QED) is 0.800. The number of carbonyl (C=O) groups is 1. The first-order valence-corrected chi connectivity index (χ1v) is 7.80. The molecule has 1 saturated carbocycles. The maximum atomic E-state index is 12.5. The predicted octanol–water partition coefficient (Wildman–Crippen LogP) is 2.56. The molecule has 0 aromatic heterocycles. The van der Waals surface area contributed by atoms with Gasteiger partial charge in [-0.2, -0.15) is 0 Å². The summed E-state index contributed by atoms with van der Waals surface area (Å²) >= 11 is 0. The van der Waals surface area contributed by atoms with Crippen LogP contribution in [0.15, 0.2) is 24.3 Å². The van der Waals surface area contributed by atoms with E-state index in [9.17, 15) is 4.79 Å². The lowest BCUT2D eigenvalue weighted by Crippen LogP contribution is -2.34. The maximum Gasteiger partial charge on any atom is 0.223 e. The molecule has 1 amide bonds. The second-order valence-electron chi connectivity index (χ2n) is 5.81. The Morgan fingerprint density at radius 1 is 1.38 bits per heavy atom. The van der Waals surface area contributed by atoms with Crippen LogP contribution in [-0.4, -0.2) is 30.5 Å². The van der Waals surface area contributed by atoms with Crippen LogP contribution in [0.1, 0.15) is 38.2 Å². The number of amides is 1. The number of rotatable bonds is 8. The van der Waals surface area contributed by atoms with E-state index < -0.39 is 0 Å². The van der Waals surface area contributed by atoms with Crippen molar-refractivity contribution in [2.24, 2.45) is 11.7 Å². The molecule has 1 aromatic carbocycles. The molecule has 1 fully saturated rings. The minimum absolute atomic E-state index is 0.241. The molecule has 1 aliphatic carbocycles. The molecule has 4 heteroatoms. The van der Waals surface area contributed by atoms with Crippen molar-refractivity contribution in [1.29, 1.82) is 0 Å². The first-order valence-electron chi connectivity index (χ1n) is 7.80. The second-order valence-corrected chi connectivity index (χ2v) is 5.81. The van der Waals surface area contributed by atoms with Crippen LogP contribution in [-0.2, 0) is 11.3 Å². The van der Waals surface area contributed by atoms with Crippen LogP contribution in [0.5, 0.6) is 5.75 Å². The van der Waals surface area contributed by atoms with Gasteiger partial charge in [-0.25, -0.2) is 0 Å². The van der Waals surface area contributed by atoms with E-state index in [4.69, 9.17) is 10.5 Å². The Morgan fingerprint density at radius 3 is 2.52 bits per heavy atom. The molecule has 0 spiro atoms. The predicted molar refractivity (Wildman–Crippen MR) is 84.0 cm³/mol. The number of nitrogens with two attached hydrogens (primary N) is 1. The normalized spacial score (nSPS) is 15.6. The molecule has 1 aliphatic rings. The largest absolute Gasteiger partial charge is 0.497 e. The van der Waals surface area contributed by atoms with Gasteiger partial charge in [0, 0.05) is 19.0 Å². The van der Waals surface area contributed by atoms with Gasteiger partial charge in [-0.15, -0.1) is 0 Å². The van der Waals surface area contributed by atoms with Crippen molar-refractivity contribution in [3.8, 4) is 5.75 Å². The molecule has 2 rings (SSSR count). The number of nitrogens with zero attached hydrogens (tertiary/aromatic N) is 1. The molecule has 0 heterocycles. The standard InChI is InChI=1S/C17H26N2O2/c1-3-13(11-18)10-17(20)19(15-6-7-15)12-14-4-8-16(21-2)9-5-14/h4-5,8-9,13,15H,3,6-7,10-12,18H2,1-2H3. The van der Waals surface area contributed by atoms with Crippen LogP contribution in [0.3, 0.4) is 0 Å².